The minimum atomic E-state index is -0.265. The summed E-state index contributed by atoms with van der Waals surface area (Å²) in [6.45, 7) is 11.1. The molecule has 0 aliphatic rings. The van der Waals surface area contributed by atoms with Crippen molar-refractivity contribution in [3.05, 3.63) is 47.2 Å². The third kappa shape index (κ3) is 5.67. The van der Waals surface area contributed by atoms with Crippen molar-refractivity contribution in [3.8, 4) is 22.9 Å². The van der Waals surface area contributed by atoms with Gasteiger partial charge in [0.25, 0.3) is 0 Å². The molecule has 0 saturated carbocycles. The van der Waals surface area contributed by atoms with E-state index in [0.717, 1.165) is 33.1 Å². The molecule has 0 saturated heterocycles. The van der Waals surface area contributed by atoms with Crippen LogP contribution in [0.15, 0.2) is 41.6 Å². The largest absolute Gasteiger partial charge is 0.505 e. The number of phenols is 1. The summed E-state index contributed by atoms with van der Waals surface area (Å²) in [6.07, 6.45) is 0.979. The first-order valence-electron chi connectivity index (χ1n) is 10.5. The summed E-state index contributed by atoms with van der Waals surface area (Å²) in [5, 5.41) is 20.1. The van der Waals surface area contributed by atoms with Crippen LogP contribution in [0.3, 0.4) is 0 Å². The Morgan fingerprint density at radius 1 is 1.10 bits per heavy atom. The fourth-order valence-corrected chi connectivity index (χ4v) is 4.07. The molecule has 2 radical (unpaired) electrons. The number of phenolic OH excluding ortho intramolecular Hbond substituents is 1. The maximum Gasteiger partial charge on any atom is 0.147 e. The van der Waals surface area contributed by atoms with Gasteiger partial charge in [0.2, 0.25) is 0 Å². The number of rotatable bonds is 8. The second kappa shape index (κ2) is 9.56. The Balaban J connectivity index is 1.90. The van der Waals surface area contributed by atoms with Gasteiger partial charge in [-0.05, 0) is 43.9 Å². The quantitative estimate of drug-likeness (QED) is 0.385. The van der Waals surface area contributed by atoms with Crippen LogP contribution in [0.5, 0.6) is 17.2 Å². The Morgan fingerprint density at radius 2 is 1.84 bits per heavy atom. The van der Waals surface area contributed by atoms with Gasteiger partial charge in [0.1, 0.15) is 34.0 Å². The van der Waals surface area contributed by atoms with E-state index in [1.54, 1.807) is 13.2 Å². The summed E-state index contributed by atoms with van der Waals surface area (Å²) < 4.78 is 11.3. The van der Waals surface area contributed by atoms with Crippen molar-refractivity contribution in [1.82, 2.24) is 15.0 Å². The standard InChI is InChI=1S/C24H31N3O3Si/c1-16(2)15-31-11-7-10-30-18-12-19(24(3,4)5)23(28)22(14-18)27-25-20-9-8-17(29-6)13-21(20)26-27/h8-9,12-15,28H,7,10-11H2,1-6H3. The van der Waals surface area contributed by atoms with Crippen molar-refractivity contribution in [2.45, 2.75) is 52.5 Å². The van der Waals surface area contributed by atoms with Gasteiger partial charge < -0.3 is 14.6 Å². The molecule has 164 valence electrons. The van der Waals surface area contributed by atoms with Crippen LogP contribution in [0.1, 0.15) is 46.6 Å². The van der Waals surface area contributed by atoms with Crippen molar-refractivity contribution in [1.29, 1.82) is 0 Å². The molecule has 3 rings (SSSR count). The lowest BCUT2D eigenvalue weighted by molar-refractivity contribution is 0.315. The molecule has 2 aromatic carbocycles. The van der Waals surface area contributed by atoms with Gasteiger partial charge in [-0.1, -0.05) is 32.4 Å². The summed E-state index contributed by atoms with van der Waals surface area (Å²) in [6, 6.07) is 10.4. The summed E-state index contributed by atoms with van der Waals surface area (Å²) in [7, 11) is 2.44. The number of nitrogens with zero attached hydrogens (tertiary/aromatic N) is 3. The highest BCUT2D eigenvalue weighted by Gasteiger charge is 2.24. The molecule has 0 aliphatic carbocycles. The molecule has 6 nitrogen and oxygen atoms in total. The number of ether oxygens (including phenoxy) is 2. The number of aromatic hydroxyl groups is 1. The first-order chi connectivity index (χ1) is 14.7. The van der Waals surface area contributed by atoms with Gasteiger partial charge in [-0.2, -0.15) is 0 Å². The lowest BCUT2D eigenvalue weighted by atomic mass is 9.86. The van der Waals surface area contributed by atoms with Gasteiger partial charge in [0.05, 0.1) is 23.2 Å². The molecule has 31 heavy (non-hydrogen) atoms. The summed E-state index contributed by atoms with van der Waals surface area (Å²) >= 11 is 0. The van der Waals surface area contributed by atoms with Crippen LogP contribution in [0, 0.1) is 0 Å². The normalized spacial score (nSPS) is 11.5. The number of aromatic nitrogens is 3. The molecule has 1 N–H and O–H groups in total. The molecule has 1 aromatic heterocycles. The Bertz CT molecular complexity index is 1080. The van der Waals surface area contributed by atoms with E-state index in [0.29, 0.717) is 29.3 Å². The Hall–Kier alpha value is -2.80. The Kier molecular flexibility index (Phi) is 7.05. The molecule has 0 fully saturated rings. The van der Waals surface area contributed by atoms with E-state index >= 15 is 0 Å². The molecule has 0 spiro atoms. The first-order valence-corrected chi connectivity index (χ1v) is 11.8. The summed E-state index contributed by atoms with van der Waals surface area (Å²) in [5.41, 5.74) is 6.09. The lowest BCUT2D eigenvalue weighted by Gasteiger charge is -2.23. The van der Waals surface area contributed by atoms with Gasteiger partial charge in [0, 0.05) is 17.7 Å². The fourth-order valence-electron chi connectivity index (χ4n) is 3.17. The van der Waals surface area contributed by atoms with Crippen LogP contribution < -0.4 is 9.47 Å². The summed E-state index contributed by atoms with van der Waals surface area (Å²) in [4.78, 5) is 1.47. The average Bonchev–Trinajstić information content (AvgIpc) is 3.13. The van der Waals surface area contributed by atoms with Crippen LogP contribution >= 0.6 is 0 Å². The zero-order valence-electron chi connectivity index (χ0n) is 19.2. The molecule has 0 unspecified atom stereocenters. The number of hydrogen-bond acceptors (Lipinski definition) is 5. The second-order valence-electron chi connectivity index (χ2n) is 8.81. The highest BCUT2D eigenvalue weighted by molar-refractivity contribution is 6.42. The van der Waals surface area contributed by atoms with Crippen molar-refractivity contribution in [3.63, 3.8) is 0 Å². The molecule has 0 amide bonds. The maximum absolute atomic E-state index is 11.0. The van der Waals surface area contributed by atoms with Crippen molar-refractivity contribution < 1.29 is 14.6 Å². The minimum Gasteiger partial charge on any atom is -0.505 e. The molecule has 0 atom stereocenters. The molecular formula is C24H31N3O3Si. The van der Waals surface area contributed by atoms with E-state index in [2.05, 4.69) is 50.5 Å². The van der Waals surface area contributed by atoms with Gasteiger partial charge in [-0.25, -0.2) is 0 Å². The van der Waals surface area contributed by atoms with E-state index in [1.807, 2.05) is 24.3 Å². The predicted octanol–water partition coefficient (Wildman–Crippen LogP) is 5.25. The zero-order valence-corrected chi connectivity index (χ0v) is 20.2. The fraction of sp³-hybridized carbons (Fsp3) is 0.417. The van der Waals surface area contributed by atoms with Crippen LogP contribution in [0.25, 0.3) is 16.7 Å². The van der Waals surface area contributed by atoms with Gasteiger partial charge in [-0.3, -0.25) is 0 Å². The maximum atomic E-state index is 11.0. The van der Waals surface area contributed by atoms with Crippen LogP contribution in [-0.2, 0) is 5.41 Å². The van der Waals surface area contributed by atoms with Crippen LogP contribution in [0.4, 0.5) is 0 Å². The first kappa shape index (κ1) is 22.9. The zero-order chi connectivity index (χ0) is 22.6. The van der Waals surface area contributed by atoms with Crippen LogP contribution in [-0.4, -0.2) is 43.3 Å². The topological polar surface area (TPSA) is 69.4 Å². The smallest absolute Gasteiger partial charge is 0.147 e. The number of methoxy groups -OCH3 is 1. The SMILES string of the molecule is COc1ccc2nn(-c3cc(OCCC[Si]C=C(C)C)cc(C(C)(C)C)c3O)nc2c1. The lowest BCUT2D eigenvalue weighted by Crippen LogP contribution is -2.14. The van der Waals surface area contributed by atoms with Gasteiger partial charge in [0.15, 0.2) is 0 Å². The van der Waals surface area contributed by atoms with Gasteiger partial charge in [-0.15, -0.1) is 20.7 Å². The van der Waals surface area contributed by atoms with E-state index < -0.39 is 0 Å². The molecule has 3 aromatic rings. The number of fused-ring (bicyclic) bond motifs is 1. The van der Waals surface area contributed by atoms with Crippen molar-refractivity contribution in [2.24, 2.45) is 0 Å². The Morgan fingerprint density at radius 3 is 2.52 bits per heavy atom. The van der Waals surface area contributed by atoms with Crippen molar-refractivity contribution in [2.75, 3.05) is 13.7 Å². The molecule has 0 aliphatic heterocycles. The molecular weight excluding hydrogens is 406 g/mol. The van der Waals surface area contributed by atoms with E-state index in [1.165, 1.54) is 10.4 Å². The predicted molar refractivity (Wildman–Crippen MR) is 126 cm³/mol. The molecule has 7 heteroatoms. The molecule has 1 heterocycles. The third-order valence-electron chi connectivity index (χ3n) is 4.80. The number of allylic oxidation sites excluding steroid dienone is 1. The second-order valence-corrected chi connectivity index (χ2v) is 10.0. The Labute approximate surface area is 186 Å². The van der Waals surface area contributed by atoms with Gasteiger partial charge >= 0.3 is 0 Å². The van der Waals surface area contributed by atoms with Crippen LogP contribution in [0.2, 0.25) is 6.04 Å². The number of benzene rings is 2. The monoisotopic (exact) mass is 437 g/mol. The van der Waals surface area contributed by atoms with E-state index in [4.69, 9.17) is 9.47 Å². The average molecular weight is 438 g/mol. The highest BCUT2D eigenvalue weighted by Crippen LogP contribution is 2.38. The number of hydrogen-bond donors (Lipinski definition) is 1. The van der Waals surface area contributed by atoms with E-state index in [9.17, 15) is 5.11 Å². The summed E-state index contributed by atoms with van der Waals surface area (Å²) in [5.74, 6) is 1.59. The third-order valence-corrected chi connectivity index (χ3v) is 6.22. The van der Waals surface area contributed by atoms with E-state index in [-0.39, 0.29) is 11.2 Å². The van der Waals surface area contributed by atoms with Crippen molar-refractivity contribution >= 4 is 20.6 Å². The molecule has 0 bridgehead atoms. The minimum absolute atomic E-state index is 0.164. The highest BCUT2D eigenvalue weighted by atomic mass is 28.2.